The molecule has 0 bridgehead atoms. The number of rotatable bonds is 9. The molecule has 1 amide bonds. The summed E-state index contributed by atoms with van der Waals surface area (Å²) >= 11 is 0. The minimum Gasteiger partial charge on any atom is -0.489 e. The second-order valence-corrected chi connectivity index (χ2v) is 7.04. The average molecular weight is 396 g/mol. The molecule has 150 valence electrons. The number of nitrogens with zero attached hydrogens (tertiary/aromatic N) is 1. The quantitative estimate of drug-likeness (QED) is 0.679. The predicted molar refractivity (Wildman–Crippen MR) is 108 cm³/mol. The Kier molecular flexibility index (Phi) is 9.32. The maximum Gasteiger partial charge on any atom is 0.224 e. The van der Waals surface area contributed by atoms with Crippen molar-refractivity contribution in [2.75, 3.05) is 6.54 Å². The molecule has 1 aromatic carbocycles. The topological polar surface area (TPSA) is 90.4 Å². The highest BCUT2D eigenvalue weighted by Gasteiger charge is 2.13. The molecular weight excluding hydrogens is 366 g/mol. The lowest BCUT2D eigenvalue weighted by Gasteiger charge is -2.18. The summed E-state index contributed by atoms with van der Waals surface area (Å²) in [4.78, 5) is 12.2. The number of aryl methyl sites for hydroxylation is 2. The first-order valence-electron chi connectivity index (χ1n) is 9.02. The van der Waals surface area contributed by atoms with Crippen LogP contribution in [-0.4, -0.2) is 23.7 Å². The van der Waals surface area contributed by atoms with Gasteiger partial charge in [0.25, 0.3) is 0 Å². The maximum atomic E-state index is 12.2. The summed E-state index contributed by atoms with van der Waals surface area (Å²) in [5.74, 6) is 2.00. The van der Waals surface area contributed by atoms with Crippen LogP contribution in [0, 0.1) is 19.8 Å². The Balaban J connectivity index is 0.00000364. The van der Waals surface area contributed by atoms with Crippen molar-refractivity contribution in [2.45, 2.75) is 53.2 Å². The summed E-state index contributed by atoms with van der Waals surface area (Å²) in [6.45, 7) is 8.87. The zero-order valence-electron chi connectivity index (χ0n) is 16.5. The fourth-order valence-electron chi connectivity index (χ4n) is 2.81. The van der Waals surface area contributed by atoms with Crippen LogP contribution in [0.3, 0.4) is 0 Å². The molecular formula is C20H30ClN3O3. The number of halogens is 1. The maximum absolute atomic E-state index is 12.2. The molecule has 0 aliphatic heterocycles. The van der Waals surface area contributed by atoms with E-state index in [9.17, 15) is 4.79 Å². The lowest BCUT2D eigenvalue weighted by atomic mass is 10.0. The zero-order valence-corrected chi connectivity index (χ0v) is 17.3. The average Bonchev–Trinajstić information content (AvgIpc) is 2.91. The highest BCUT2D eigenvalue weighted by Crippen LogP contribution is 2.18. The molecule has 2 aromatic rings. The molecule has 0 aliphatic carbocycles. The van der Waals surface area contributed by atoms with Gasteiger partial charge in [0.05, 0.1) is 17.7 Å². The first kappa shape index (κ1) is 23.0. The van der Waals surface area contributed by atoms with Crippen molar-refractivity contribution in [1.29, 1.82) is 0 Å². The van der Waals surface area contributed by atoms with Gasteiger partial charge in [-0.3, -0.25) is 4.79 Å². The molecule has 7 heteroatoms. The summed E-state index contributed by atoms with van der Waals surface area (Å²) in [5.41, 5.74) is 8.48. The molecule has 6 nitrogen and oxygen atoms in total. The molecule has 0 spiro atoms. The van der Waals surface area contributed by atoms with E-state index in [0.29, 0.717) is 25.5 Å². The third-order valence-electron chi connectivity index (χ3n) is 4.26. The monoisotopic (exact) mass is 395 g/mol. The van der Waals surface area contributed by atoms with Crippen LogP contribution in [0.4, 0.5) is 0 Å². The molecule has 2 rings (SSSR count). The number of hydrogen-bond donors (Lipinski definition) is 2. The summed E-state index contributed by atoms with van der Waals surface area (Å²) in [5, 5.41) is 6.92. The number of aromatic nitrogens is 1. The summed E-state index contributed by atoms with van der Waals surface area (Å²) < 4.78 is 10.9. The predicted octanol–water partition coefficient (Wildman–Crippen LogP) is 3.32. The lowest BCUT2D eigenvalue weighted by Crippen LogP contribution is -2.41. The van der Waals surface area contributed by atoms with Crippen molar-refractivity contribution >= 4 is 18.3 Å². The van der Waals surface area contributed by atoms with Crippen molar-refractivity contribution in [3.05, 3.63) is 46.8 Å². The Morgan fingerprint density at radius 1 is 1.26 bits per heavy atom. The van der Waals surface area contributed by atoms with Crippen molar-refractivity contribution < 1.29 is 14.1 Å². The number of carbonyl (C=O) groups excluding carboxylic acids is 1. The third-order valence-corrected chi connectivity index (χ3v) is 4.26. The van der Waals surface area contributed by atoms with Crippen LogP contribution in [0.25, 0.3) is 0 Å². The molecule has 0 radical (unpaired) electrons. The van der Waals surface area contributed by atoms with Crippen LogP contribution in [-0.2, 0) is 17.8 Å². The Morgan fingerprint density at radius 2 is 1.93 bits per heavy atom. The van der Waals surface area contributed by atoms with E-state index in [1.54, 1.807) is 0 Å². The number of amides is 1. The first-order valence-corrected chi connectivity index (χ1v) is 9.02. The van der Waals surface area contributed by atoms with Gasteiger partial charge in [0.2, 0.25) is 5.91 Å². The Morgan fingerprint density at radius 3 is 2.44 bits per heavy atom. The molecule has 0 aliphatic rings. The fraction of sp³-hybridized carbons (Fsp3) is 0.500. The summed E-state index contributed by atoms with van der Waals surface area (Å²) in [7, 11) is 0. The number of hydrogen-bond acceptors (Lipinski definition) is 5. The number of benzene rings is 1. The van der Waals surface area contributed by atoms with E-state index in [1.807, 2.05) is 38.1 Å². The number of ether oxygens (including phenoxy) is 1. The van der Waals surface area contributed by atoms with Crippen LogP contribution < -0.4 is 15.8 Å². The van der Waals surface area contributed by atoms with E-state index in [-0.39, 0.29) is 24.4 Å². The van der Waals surface area contributed by atoms with Crippen LogP contribution >= 0.6 is 12.4 Å². The molecule has 1 heterocycles. The molecule has 27 heavy (non-hydrogen) atoms. The highest BCUT2D eigenvalue weighted by molar-refractivity contribution is 5.85. The lowest BCUT2D eigenvalue weighted by molar-refractivity contribution is -0.121. The Bertz CT molecular complexity index is 694. The van der Waals surface area contributed by atoms with Gasteiger partial charge in [0, 0.05) is 12.6 Å². The minimum absolute atomic E-state index is 0. The Hall–Kier alpha value is -2.05. The number of nitrogens with two attached hydrogens (primary N) is 1. The van der Waals surface area contributed by atoms with Crippen LogP contribution in [0.2, 0.25) is 0 Å². The normalized spacial score (nSPS) is 11.8. The van der Waals surface area contributed by atoms with E-state index < -0.39 is 0 Å². The van der Waals surface area contributed by atoms with Gasteiger partial charge in [-0.25, -0.2) is 0 Å². The molecule has 3 N–H and O–H groups in total. The van der Waals surface area contributed by atoms with E-state index >= 15 is 0 Å². The second kappa shape index (κ2) is 10.9. The van der Waals surface area contributed by atoms with Crippen LogP contribution in [0.5, 0.6) is 5.75 Å². The van der Waals surface area contributed by atoms with Crippen molar-refractivity contribution in [3.63, 3.8) is 0 Å². The van der Waals surface area contributed by atoms with Crippen molar-refractivity contribution in [1.82, 2.24) is 10.5 Å². The van der Waals surface area contributed by atoms with E-state index in [4.69, 9.17) is 15.0 Å². The van der Waals surface area contributed by atoms with Gasteiger partial charge in [-0.15, -0.1) is 12.4 Å². The van der Waals surface area contributed by atoms with Crippen LogP contribution in [0.15, 0.2) is 28.8 Å². The largest absolute Gasteiger partial charge is 0.489 e. The highest BCUT2D eigenvalue weighted by atomic mass is 35.5. The van der Waals surface area contributed by atoms with Crippen molar-refractivity contribution in [3.8, 4) is 5.75 Å². The van der Waals surface area contributed by atoms with Crippen molar-refractivity contribution in [2.24, 2.45) is 11.7 Å². The SMILES string of the molecule is Cc1noc(C)c1COc1ccc(CC(=O)NC(CN)CC(C)C)cc1.Cl. The summed E-state index contributed by atoms with van der Waals surface area (Å²) in [6, 6.07) is 7.58. The second-order valence-electron chi connectivity index (χ2n) is 7.04. The Labute approximate surface area is 167 Å². The van der Waals surface area contributed by atoms with Crippen LogP contribution in [0.1, 0.15) is 42.8 Å². The zero-order chi connectivity index (χ0) is 19.1. The minimum atomic E-state index is -0.00881. The smallest absolute Gasteiger partial charge is 0.224 e. The molecule has 0 saturated carbocycles. The third kappa shape index (κ3) is 7.23. The van der Waals surface area contributed by atoms with Gasteiger partial charge in [-0.2, -0.15) is 0 Å². The van der Waals surface area contributed by atoms with E-state index in [0.717, 1.165) is 34.8 Å². The molecule has 1 unspecified atom stereocenters. The molecule has 0 fully saturated rings. The number of carbonyl (C=O) groups is 1. The molecule has 0 saturated heterocycles. The molecule has 1 atom stereocenters. The summed E-state index contributed by atoms with van der Waals surface area (Å²) in [6.07, 6.45) is 1.22. The fourth-order valence-corrected chi connectivity index (χ4v) is 2.81. The van der Waals surface area contributed by atoms with Gasteiger partial charge < -0.3 is 20.3 Å². The van der Waals surface area contributed by atoms with E-state index in [2.05, 4.69) is 24.3 Å². The molecule has 1 aromatic heterocycles. The standard InChI is InChI=1S/C20H29N3O3.ClH/c1-13(2)9-17(11-21)22-20(24)10-16-5-7-18(8-6-16)25-12-19-14(3)23-26-15(19)4;/h5-8,13,17H,9-12,21H2,1-4H3,(H,22,24);1H. The first-order chi connectivity index (χ1) is 12.4. The van der Waals surface area contributed by atoms with Gasteiger partial charge >= 0.3 is 0 Å². The van der Waals surface area contributed by atoms with Gasteiger partial charge in [0.1, 0.15) is 18.1 Å². The van der Waals surface area contributed by atoms with Gasteiger partial charge in [0.15, 0.2) is 0 Å². The van der Waals surface area contributed by atoms with E-state index in [1.165, 1.54) is 0 Å². The van der Waals surface area contributed by atoms with Gasteiger partial charge in [-0.1, -0.05) is 31.1 Å². The number of nitrogens with one attached hydrogen (secondary N) is 1. The van der Waals surface area contributed by atoms with Gasteiger partial charge in [-0.05, 0) is 43.9 Å².